The van der Waals surface area contributed by atoms with Crippen molar-refractivity contribution in [3.63, 3.8) is 0 Å². The number of nitrogens with one attached hydrogen (secondary N) is 3. The number of fused-ring (bicyclic) bond motifs is 2. The van der Waals surface area contributed by atoms with Crippen LogP contribution in [0.15, 0.2) is 169 Å². The van der Waals surface area contributed by atoms with Crippen molar-refractivity contribution in [1.29, 1.82) is 0 Å². The van der Waals surface area contributed by atoms with Crippen molar-refractivity contribution in [1.82, 2.24) is 53.6 Å². The first kappa shape index (κ1) is 47.3. The number of rotatable bonds is 15. The lowest BCUT2D eigenvalue weighted by Gasteiger charge is -2.22. The summed E-state index contributed by atoms with van der Waals surface area (Å²) in [7, 11) is 3.51. The maximum atomic E-state index is 15.0. The largest absolute Gasteiger partial charge is 0.450 e. The number of pyridine rings is 3. The number of benzene rings is 3. The fraction of sp³-hybridized carbons (Fsp3) is 0.0392. The summed E-state index contributed by atoms with van der Waals surface area (Å²) in [4.78, 5) is 79.1. The maximum absolute atomic E-state index is 15.0. The number of hydrogen-bond donors (Lipinski definition) is 3. The van der Waals surface area contributed by atoms with E-state index in [9.17, 15) is 19.2 Å². The summed E-state index contributed by atoms with van der Waals surface area (Å²) in [5.41, 5.74) is 1.37. The van der Waals surface area contributed by atoms with Crippen molar-refractivity contribution in [3.05, 3.63) is 191 Å². The van der Waals surface area contributed by atoms with Gasteiger partial charge in [-0.05, 0) is 91.0 Å². The van der Waals surface area contributed by atoms with E-state index in [-0.39, 0.29) is 68.4 Å². The molecule has 3 aromatic carbocycles. The van der Waals surface area contributed by atoms with Gasteiger partial charge in [0, 0.05) is 60.4 Å². The van der Waals surface area contributed by atoms with Gasteiger partial charge in [-0.15, -0.1) is 0 Å². The van der Waals surface area contributed by atoms with Crippen molar-refractivity contribution < 1.29 is 23.5 Å². The summed E-state index contributed by atoms with van der Waals surface area (Å²) in [5.74, 6) is -1.98. The topological polar surface area (TPSA) is 236 Å². The van der Waals surface area contributed by atoms with Crippen LogP contribution in [-0.4, -0.2) is 65.4 Å². The number of aromatic nitrogens is 11. The van der Waals surface area contributed by atoms with Crippen LogP contribution >= 0.6 is 11.6 Å². The molecule has 7 heterocycles. The minimum atomic E-state index is -0.799. The lowest BCUT2D eigenvalue weighted by atomic mass is 10.2. The Morgan fingerprint density at radius 3 is 1.82 bits per heavy atom. The van der Waals surface area contributed by atoms with Crippen LogP contribution in [0.2, 0.25) is 5.02 Å². The Morgan fingerprint density at radius 2 is 1.27 bits per heavy atom. The second-order valence-electron chi connectivity index (χ2n) is 16.1. The van der Waals surface area contributed by atoms with Crippen LogP contribution in [0.25, 0.3) is 33.4 Å². The van der Waals surface area contributed by atoms with Crippen LogP contribution in [0, 0.1) is 5.82 Å². The third-order valence-electron chi connectivity index (χ3n) is 10.9. The molecule has 0 unspecified atom stereocenters. The van der Waals surface area contributed by atoms with E-state index in [1.54, 1.807) is 96.8 Å². The lowest BCUT2D eigenvalue weighted by Crippen LogP contribution is -2.25. The van der Waals surface area contributed by atoms with E-state index in [0.29, 0.717) is 33.5 Å². The lowest BCUT2D eigenvalue weighted by molar-refractivity contribution is -0.113. The predicted molar refractivity (Wildman–Crippen MR) is 275 cm³/mol. The number of aryl methyl sites for hydroxylation is 2. The van der Waals surface area contributed by atoms with Crippen molar-refractivity contribution in [3.8, 4) is 34.4 Å². The number of anilines is 7. The van der Waals surface area contributed by atoms with Gasteiger partial charge in [0.15, 0.2) is 34.4 Å². The van der Waals surface area contributed by atoms with Crippen molar-refractivity contribution >= 4 is 85.9 Å². The van der Waals surface area contributed by atoms with Crippen LogP contribution < -0.4 is 41.4 Å². The Labute approximate surface area is 422 Å². The Hall–Kier alpha value is -10.4. The van der Waals surface area contributed by atoms with Crippen molar-refractivity contribution in [2.75, 3.05) is 20.9 Å². The molecule has 2 amide bonds. The Kier molecular flexibility index (Phi) is 12.7. The second kappa shape index (κ2) is 19.8. The summed E-state index contributed by atoms with van der Waals surface area (Å²) in [6.07, 6.45) is 13.1. The maximum Gasteiger partial charge on any atom is 0.299 e. The molecule has 23 heteroatoms. The third-order valence-corrected chi connectivity index (χ3v) is 11.2. The zero-order valence-electron chi connectivity index (χ0n) is 38.8. The number of carbonyl (C=O) groups excluding carboxylic acids is 2. The molecule has 3 N–H and O–H groups in total. The van der Waals surface area contributed by atoms with Crippen LogP contribution in [0.1, 0.15) is 0 Å². The molecule has 0 fully saturated rings. The molecular weight excluding hydrogens is 973 g/mol. The summed E-state index contributed by atoms with van der Waals surface area (Å²) in [6.45, 7) is 7.22. The van der Waals surface area contributed by atoms with E-state index in [1.165, 1.54) is 69.0 Å². The summed E-state index contributed by atoms with van der Waals surface area (Å²) in [5, 5.41) is 18.1. The molecule has 10 rings (SSSR count). The summed E-state index contributed by atoms with van der Waals surface area (Å²) >= 11 is 5.99. The number of ether oxygens (including phenoxy) is 2. The van der Waals surface area contributed by atoms with Gasteiger partial charge in [-0.3, -0.25) is 42.6 Å². The van der Waals surface area contributed by atoms with E-state index in [1.807, 2.05) is 0 Å². The van der Waals surface area contributed by atoms with Crippen LogP contribution in [0.4, 0.5) is 44.9 Å². The van der Waals surface area contributed by atoms with Gasteiger partial charge in [0.05, 0.1) is 47.0 Å². The molecule has 0 saturated carbocycles. The monoisotopic (exact) mass is 1010 g/mol. The highest BCUT2D eigenvalue weighted by atomic mass is 35.5. The minimum absolute atomic E-state index is 0.105. The highest BCUT2D eigenvalue weighted by molar-refractivity contribution is 6.30. The van der Waals surface area contributed by atoms with E-state index >= 15 is 4.39 Å². The van der Waals surface area contributed by atoms with E-state index in [4.69, 9.17) is 21.1 Å². The van der Waals surface area contributed by atoms with Crippen LogP contribution in [0.5, 0.6) is 23.0 Å². The third kappa shape index (κ3) is 9.73. The van der Waals surface area contributed by atoms with E-state index in [0.717, 1.165) is 18.2 Å². The first-order valence-electron chi connectivity index (χ1n) is 22.1. The quantitative estimate of drug-likeness (QED) is 0.0816. The zero-order valence-corrected chi connectivity index (χ0v) is 39.6. The molecular formula is C51H37ClFN15O6. The van der Waals surface area contributed by atoms with E-state index in [2.05, 4.69) is 64.2 Å². The fourth-order valence-corrected chi connectivity index (χ4v) is 7.80. The molecule has 0 bridgehead atoms. The SMILES string of the molecule is C=CC(=O)Nc1cccc(-n2c(=O)c(Oc3ccc(N(C(=O)C=C)c4cccc(-n5c(=O)c(Oc6ccc(Cl)cc6F)cc6cnc(Nc7cnn(C)c7)nc65)c4)nc3)cc3cnc(Nc4cnn(C)c4)nc32)c1. The molecule has 0 aliphatic carbocycles. The number of amides is 2. The highest BCUT2D eigenvalue weighted by Crippen LogP contribution is 2.33. The molecule has 0 aliphatic rings. The molecule has 0 spiro atoms. The van der Waals surface area contributed by atoms with Gasteiger partial charge in [0.1, 0.15) is 11.6 Å². The number of hydrogen-bond acceptors (Lipinski definition) is 15. The average molecular weight is 1010 g/mol. The smallest absolute Gasteiger partial charge is 0.299 e. The number of halogens is 2. The Bertz CT molecular complexity index is 4010. The Balaban J connectivity index is 1.01. The minimum Gasteiger partial charge on any atom is -0.450 e. The highest BCUT2D eigenvalue weighted by Gasteiger charge is 2.23. The summed E-state index contributed by atoms with van der Waals surface area (Å²) < 4.78 is 32.9. The second-order valence-corrected chi connectivity index (χ2v) is 16.5. The Morgan fingerprint density at radius 1 is 0.662 bits per heavy atom. The van der Waals surface area contributed by atoms with Gasteiger partial charge in [-0.1, -0.05) is 36.9 Å². The molecule has 21 nitrogen and oxygen atoms in total. The van der Waals surface area contributed by atoms with Crippen LogP contribution in [0.3, 0.4) is 0 Å². The molecule has 7 aromatic heterocycles. The van der Waals surface area contributed by atoms with E-state index < -0.39 is 28.8 Å². The molecule has 0 aliphatic heterocycles. The van der Waals surface area contributed by atoms with Crippen molar-refractivity contribution in [2.24, 2.45) is 14.1 Å². The molecule has 74 heavy (non-hydrogen) atoms. The van der Waals surface area contributed by atoms with Gasteiger partial charge in [-0.25, -0.2) is 19.3 Å². The molecule has 0 atom stereocenters. The van der Waals surface area contributed by atoms with Gasteiger partial charge >= 0.3 is 0 Å². The first-order valence-corrected chi connectivity index (χ1v) is 22.4. The standard InChI is InChI=1S/C51H37ClFN15O6/c1-5-44(69)59-32-9-7-10-35(20-32)67-46-29(22-55-50(62-46)60-33-24-57-64(3)27-33)17-41(48(67)71)73-38-14-16-43(54-26-38)66(45(70)6-2)36-11-8-12-37(21-36)68-47-30(23-56-51(63-47)61-34-25-58-65(4)28-34)18-42(49(68)72)74-40-15-13-31(52)19-39(40)53/h5-28H,1-2H2,3-4H3,(H,59,69)(H,55,60,62)(H,56,61,63). The molecule has 10 aromatic rings. The van der Waals surface area contributed by atoms with Gasteiger partial charge in [0.2, 0.25) is 17.8 Å². The number of nitrogens with zero attached hydrogens (tertiary/aromatic N) is 12. The van der Waals surface area contributed by atoms with Gasteiger partial charge < -0.3 is 25.4 Å². The summed E-state index contributed by atoms with van der Waals surface area (Å²) in [6, 6.07) is 22.6. The first-order chi connectivity index (χ1) is 35.8. The van der Waals surface area contributed by atoms with Gasteiger partial charge in [-0.2, -0.15) is 20.2 Å². The van der Waals surface area contributed by atoms with Crippen molar-refractivity contribution in [2.45, 2.75) is 0 Å². The van der Waals surface area contributed by atoms with Crippen LogP contribution in [-0.2, 0) is 23.7 Å². The predicted octanol–water partition coefficient (Wildman–Crippen LogP) is 8.58. The molecule has 0 radical (unpaired) electrons. The fourth-order valence-electron chi connectivity index (χ4n) is 7.64. The normalized spacial score (nSPS) is 11.0. The van der Waals surface area contributed by atoms with Gasteiger partial charge in [0.25, 0.3) is 17.0 Å². The molecule has 0 saturated heterocycles. The average Bonchev–Trinajstić information content (AvgIpc) is 4.01. The zero-order chi connectivity index (χ0) is 51.6. The number of carbonyl (C=O) groups is 2. The molecule has 366 valence electrons.